The van der Waals surface area contributed by atoms with Crippen LogP contribution in [0.2, 0.25) is 0 Å². The van der Waals surface area contributed by atoms with Crippen molar-refractivity contribution in [3.63, 3.8) is 0 Å². The van der Waals surface area contributed by atoms with E-state index in [2.05, 4.69) is 20.2 Å². The topological polar surface area (TPSA) is 54.5 Å². The lowest BCUT2D eigenvalue weighted by molar-refractivity contribution is 1.04. The van der Waals surface area contributed by atoms with Gasteiger partial charge in [0.25, 0.3) is 0 Å². The third kappa shape index (κ3) is 0.972. The van der Waals surface area contributed by atoms with E-state index in [9.17, 15) is 0 Å². The van der Waals surface area contributed by atoms with Crippen molar-refractivity contribution in [2.75, 3.05) is 6.26 Å². The first kappa shape index (κ1) is 7.54. The molecule has 4 nitrogen and oxygen atoms in total. The minimum Gasteiger partial charge on any atom is -0.280 e. The number of hydrogen-bond donors (Lipinski definition) is 1. The third-order valence-corrected chi connectivity index (χ3v) is 2.36. The zero-order valence-electron chi connectivity index (χ0n) is 6.83. The Bertz CT molecular complexity index is 409. The summed E-state index contributed by atoms with van der Waals surface area (Å²) in [5.74, 6) is 0. The molecular weight excluding hydrogens is 172 g/mol. The zero-order chi connectivity index (χ0) is 8.55. The van der Waals surface area contributed by atoms with Gasteiger partial charge in [-0.3, -0.25) is 5.10 Å². The fourth-order valence-corrected chi connectivity index (χ4v) is 1.57. The molecule has 62 valence electrons. The predicted molar refractivity (Wildman–Crippen MR) is 48.2 cm³/mol. The van der Waals surface area contributed by atoms with E-state index in [0.717, 1.165) is 21.8 Å². The second-order valence-corrected chi connectivity index (χ2v) is 3.22. The van der Waals surface area contributed by atoms with Crippen LogP contribution in [0.25, 0.3) is 11.0 Å². The van der Waals surface area contributed by atoms with Crippen LogP contribution in [-0.4, -0.2) is 26.4 Å². The minimum atomic E-state index is 0.863. The smallest absolute Gasteiger partial charge is 0.143 e. The van der Waals surface area contributed by atoms with Gasteiger partial charge in [-0.2, -0.15) is 5.10 Å². The van der Waals surface area contributed by atoms with Gasteiger partial charge in [0.1, 0.15) is 22.4 Å². The molecule has 2 heterocycles. The number of hydrogen-bond acceptors (Lipinski definition) is 4. The molecule has 0 amide bonds. The maximum atomic E-state index is 4.13. The molecule has 0 aliphatic heterocycles. The van der Waals surface area contributed by atoms with Gasteiger partial charge in [-0.25, -0.2) is 9.97 Å². The maximum absolute atomic E-state index is 4.13. The van der Waals surface area contributed by atoms with Crippen LogP contribution in [0.15, 0.2) is 11.4 Å². The quantitative estimate of drug-likeness (QED) is 0.532. The molecule has 12 heavy (non-hydrogen) atoms. The summed E-state index contributed by atoms with van der Waals surface area (Å²) in [7, 11) is 0. The van der Waals surface area contributed by atoms with Crippen molar-refractivity contribution in [3.8, 4) is 0 Å². The summed E-state index contributed by atoms with van der Waals surface area (Å²) < 4.78 is 0. The second-order valence-electron chi connectivity index (χ2n) is 2.43. The second kappa shape index (κ2) is 2.75. The number of thioether (sulfide) groups is 1. The molecule has 2 aromatic heterocycles. The van der Waals surface area contributed by atoms with Crippen LogP contribution < -0.4 is 0 Å². The molecule has 0 bridgehead atoms. The lowest BCUT2D eigenvalue weighted by Crippen LogP contribution is -1.84. The summed E-state index contributed by atoms with van der Waals surface area (Å²) in [6.45, 7) is 1.95. The molecule has 0 unspecified atom stereocenters. The Kier molecular flexibility index (Phi) is 1.73. The minimum absolute atomic E-state index is 0.863. The van der Waals surface area contributed by atoms with E-state index in [1.165, 1.54) is 0 Å². The Hall–Kier alpha value is -1.10. The lowest BCUT2D eigenvalue weighted by atomic mass is 10.4. The Morgan fingerprint density at radius 1 is 1.33 bits per heavy atom. The van der Waals surface area contributed by atoms with Gasteiger partial charge in [0.2, 0.25) is 0 Å². The van der Waals surface area contributed by atoms with E-state index < -0.39 is 0 Å². The van der Waals surface area contributed by atoms with E-state index in [1.54, 1.807) is 18.1 Å². The Morgan fingerprint density at radius 2 is 2.17 bits per heavy atom. The van der Waals surface area contributed by atoms with Crippen LogP contribution in [0.3, 0.4) is 0 Å². The number of aryl methyl sites for hydroxylation is 1. The van der Waals surface area contributed by atoms with Gasteiger partial charge >= 0.3 is 0 Å². The zero-order valence-corrected chi connectivity index (χ0v) is 7.64. The molecule has 0 atom stereocenters. The number of fused-ring (bicyclic) bond motifs is 1. The molecule has 0 saturated heterocycles. The standard InChI is InChI=1S/C7H8N4S/c1-4-5-6(11-10-4)7(12-2)9-3-8-5/h3H,1-2H3,(H,10,11). The largest absolute Gasteiger partial charge is 0.280 e. The molecule has 1 N–H and O–H groups in total. The summed E-state index contributed by atoms with van der Waals surface area (Å²) >= 11 is 1.58. The molecule has 2 aromatic rings. The number of nitrogens with one attached hydrogen (secondary N) is 1. The monoisotopic (exact) mass is 180 g/mol. The highest BCUT2D eigenvalue weighted by Crippen LogP contribution is 2.21. The van der Waals surface area contributed by atoms with Crippen LogP contribution in [0.1, 0.15) is 5.69 Å². The van der Waals surface area contributed by atoms with Gasteiger partial charge < -0.3 is 0 Å². The van der Waals surface area contributed by atoms with E-state index in [0.29, 0.717) is 0 Å². The summed E-state index contributed by atoms with van der Waals surface area (Å²) in [5, 5.41) is 7.92. The van der Waals surface area contributed by atoms with E-state index in [-0.39, 0.29) is 0 Å². The van der Waals surface area contributed by atoms with E-state index in [1.807, 2.05) is 13.2 Å². The Balaban J connectivity index is 2.81. The molecule has 0 fully saturated rings. The summed E-state index contributed by atoms with van der Waals surface area (Å²) in [5.41, 5.74) is 2.76. The van der Waals surface area contributed by atoms with Crippen LogP contribution >= 0.6 is 11.8 Å². The molecule has 0 aliphatic carbocycles. The number of aromatic nitrogens is 4. The van der Waals surface area contributed by atoms with Gasteiger partial charge in [-0.15, -0.1) is 11.8 Å². The molecule has 0 aromatic carbocycles. The van der Waals surface area contributed by atoms with Crippen molar-refractivity contribution in [3.05, 3.63) is 12.0 Å². The highest BCUT2D eigenvalue weighted by atomic mass is 32.2. The van der Waals surface area contributed by atoms with Crippen LogP contribution in [0.4, 0.5) is 0 Å². The average molecular weight is 180 g/mol. The van der Waals surface area contributed by atoms with Crippen molar-refractivity contribution in [1.82, 2.24) is 20.2 Å². The fraction of sp³-hybridized carbons (Fsp3) is 0.286. The van der Waals surface area contributed by atoms with Gasteiger partial charge in [0, 0.05) is 0 Å². The normalized spacial score (nSPS) is 10.8. The summed E-state index contributed by atoms with van der Waals surface area (Å²) in [6, 6.07) is 0. The molecular formula is C7H8N4S. The number of H-pyrrole nitrogens is 1. The van der Waals surface area contributed by atoms with Gasteiger partial charge in [-0.1, -0.05) is 0 Å². The highest BCUT2D eigenvalue weighted by molar-refractivity contribution is 7.98. The number of rotatable bonds is 1. The predicted octanol–water partition coefficient (Wildman–Crippen LogP) is 1.38. The lowest BCUT2D eigenvalue weighted by Gasteiger charge is -1.93. The highest BCUT2D eigenvalue weighted by Gasteiger charge is 2.06. The van der Waals surface area contributed by atoms with Crippen molar-refractivity contribution < 1.29 is 0 Å². The van der Waals surface area contributed by atoms with Crippen molar-refractivity contribution >= 4 is 22.8 Å². The van der Waals surface area contributed by atoms with Crippen molar-refractivity contribution in [2.45, 2.75) is 11.9 Å². The van der Waals surface area contributed by atoms with Crippen LogP contribution in [0.5, 0.6) is 0 Å². The van der Waals surface area contributed by atoms with E-state index in [4.69, 9.17) is 0 Å². The molecule has 2 rings (SSSR count). The fourth-order valence-electron chi connectivity index (χ4n) is 1.08. The van der Waals surface area contributed by atoms with Crippen molar-refractivity contribution in [2.24, 2.45) is 0 Å². The third-order valence-electron chi connectivity index (χ3n) is 1.67. The Morgan fingerprint density at radius 3 is 2.92 bits per heavy atom. The van der Waals surface area contributed by atoms with Gasteiger partial charge in [0.15, 0.2) is 0 Å². The van der Waals surface area contributed by atoms with Gasteiger partial charge in [0.05, 0.1) is 5.69 Å². The SMILES string of the molecule is CSc1ncnc2c(C)[nH]nc12. The van der Waals surface area contributed by atoms with Crippen molar-refractivity contribution in [1.29, 1.82) is 0 Å². The summed E-state index contributed by atoms with van der Waals surface area (Å²) in [6.07, 6.45) is 3.54. The van der Waals surface area contributed by atoms with Gasteiger partial charge in [-0.05, 0) is 13.2 Å². The van der Waals surface area contributed by atoms with Crippen LogP contribution in [0, 0.1) is 6.92 Å². The molecule has 5 heteroatoms. The first-order chi connectivity index (χ1) is 5.83. The Labute approximate surface area is 73.8 Å². The first-order valence-corrected chi connectivity index (χ1v) is 4.75. The molecule has 0 saturated carbocycles. The summed E-state index contributed by atoms with van der Waals surface area (Å²) in [4.78, 5) is 8.24. The maximum Gasteiger partial charge on any atom is 0.143 e. The van der Waals surface area contributed by atoms with Crippen LogP contribution in [-0.2, 0) is 0 Å². The molecule has 0 radical (unpaired) electrons. The number of nitrogens with zero attached hydrogens (tertiary/aromatic N) is 3. The molecule has 0 spiro atoms. The average Bonchev–Trinajstić information content (AvgIpc) is 2.48. The van der Waals surface area contributed by atoms with E-state index >= 15 is 0 Å². The first-order valence-electron chi connectivity index (χ1n) is 3.52. The number of aromatic amines is 1. The molecule has 0 aliphatic rings.